The molecule has 1 N–H and O–H groups in total. The van der Waals surface area contributed by atoms with E-state index in [1.54, 1.807) is 11.9 Å². The van der Waals surface area contributed by atoms with Crippen molar-refractivity contribution in [3.8, 4) is 5.75 Å². The third-order valence-corrected chi connectivity index (χ3v) is 7.72. The van der Waals surface area contributed by atoms with Gasteiger partial charge in [0.15, 0.2) is 0 Å². The molecule has 2 aliphatic heterocycles. The molecule has 3 aromatic rings. The van der Waals surface area contributed by atoms with Crippen LogP contribution in [0.15, 0.2) is 59.5 Å². The maximum atomic E-state index is 11.8. The van der Waals surface area contributed by atoms with Crippen LogP contribution in [0.25, 0.3) is 0 Å². The van der Waals surface area contributed by atoms with Crippen LogP contribution in [-0.2, 0) is 11.3 Å². The maximum absolute atomic E-state index is 11.8. The van der Waals surface area contributed by atoms with Crippen LogP contribution in [0.1, 0.15) is 51.8 Å². The average molecular weight is 466 g/mol. The number of aryl methyl sites for hydroxylation is 2. The van der Waals surface area contributed by atoms with Gasteiger partial charge in [0.25, 0.3) is 0 Å². The lowest BCUT2D eigenvalue weighted by molar-refractivity contribution is -0.137. The maximum Gasteiger partial charge on any atom is 0.304 e. The highest BCUT2D eigenvalue weighted by Gasteiger charge is 2.30. The van der Waals surface area contributed by atoms with Gasteiger partial charge in [0.2, 0.25) is 0 Å². The molecule has 0 saturated heterocycles. The van der Waals surface area contributed by atoms with Crippen molar-refractivity contribution in [1.82, 2.24) is 4.31 Å². The van der Waals surface area contributed by atoms with E-state index < -0.39 is 5.97 Å². The second kappa shape index (κ2) is 8.47. The molecule has 0 fully saturated rings. The third kappa shape index (κ3) is 4.01. The summed E-state index contributed by atoms with van der Waals surface area (Å²) in [5.74, 6) is -0.228. The Morgan fingerprint density at radius 2 is 1.94 bits per heavy atom. The summed E-state index contributed by atoms with van der Waals surface area (Å²) in [5, 5.41) is 10.4. The van der Waals surface area contributed by atoms with Crippen molar-refractivity contribution >= 4 is 29.5 Å². The van der Waals surface area contributed by atoms with Gasteiger partial charge in [0, 0.05) is 23.0 Å². The number of carboxylic acid groups (broad SMARTS) is 1. The highest BCUT2D eigenvalue weighted by atomic mass is 35.5. The Morgan fingerprint density at radius 3 is 2.75 bits per heavy atom. The third-order valence-electron chi connectivity index (χ3n) is 6.32. The van der Waals surface area contributed by atoms with Gasteiger partial charge in [-0.05, 0) is 77.9 Å². The van der Waals surface area contributed by atoms with Gasteiger partial charge in [0.1, 0.15) is 11.9 Å². The first-order chi connectivity index (χ1) is 15.4. The van der Waals surface area contributed by atoms with Gasteiger partial charge >= 0.3 is 5.97 Å². The summed E-state index contributed by atoms with van der Waals surface area (Å²) >= 11 is 8.44. The molecule has 0 spiro atoms. The van der Waals surface area contributed by atoms with Crippen LogP contribution in [0, 0.1) is 13.8 Å². The predicted octanol–water partition coefficient (Wildman–Crippen LogP) is 6.52. The first-order valence-corrected chi connectivity index (χ1v) is 11.8. The Hall–Kier alpha value is -2.47. The minimum absolute atomic E-state index is 0.0250. The molecule has 164 valence electrons. The minimum atomic E-state index is -0.817. The number of fused-ring (bicyclic) bond motifs is 8. The molecule has 5 rings (SSSR count). The van der Waals surface area contributed by atoms with Crippen molar-refractivity contribution < 1.29 is 14.6 Å². The first kappa shape index (κ1) is 21.4. The number of halogens is 1. The van der Waals surface area contributed by atoms with Crippen molar-refractivity contribution in [2.45, 2.75) is 43.7 Å². The van der Waals surface area contributed by atoms with E-state index in [-0.39, 0.29) is 18.4 Å². The number of carbonyl (C=O) groups is 1. The topological polar surface area (TPSA) is 49.8 Å². The number of nitrogens with zero attached hydrogens (tertiary/aromatic N) is 1. The second-order valence-electron chi connectivity index (χ2n) is 8.53. The van der Waals surface area contributed by atoms with Gasteiger partial charge in [-0.1, -0.05) is 41.9 Å². The molecule has 0 aromatic heterocycles. The van der Waals surface area contributed by atoms with E-state index in [2.05, 4.69) is 41.6 Å². The second-order valence-corrected chi connectivity index (χ2v) is 10.1. The highest BCUT2D eigenvalue weighted by molar-refractivity contribution is 7.97. The van der Waals surface area contributed by atoms with E-state index in [9.17, 15) is 9.90 Å². The average Bonchev–Trinajstić information content (AvgIpc) is 2.93. The summed E-state index contributed by atoms with van der Waals surface area (Å²) in [5.41, 5.74) is 6.29. The molecule has 0 amide bonds. The van der Waals surface area contributed by atoms with Crippen molar-refractivity contribution in [2.24, 2.45) is 0 Å². The Balaban J connectivity index is 1.75. The van der Waals surface area contributed by atoms with Crippen LogP contribution >= 0.6 is 23.5 Å². The number of ether oxygens (including phenoxy) is 1. The molecule has 3 atom stereocenters. The lowest BCUT2D eigenvalue weighted by atomic mass is 9.83. The molecule has 32 heavy (non-hydrogen) atoms. The van der Waals surface area contributed by atoms with Crippen LogP contribution in [0.2, 0.25) is 5.02 Å². The van der Waals surface area contributed by atoms with Crippen LogP contribution in [0.3, 0.4) is 0 Å². The van der Waals surface area contributed by atoms with Gasteiger partial charge in [0.05, 0.1) is 17.9 Å². The van der Waals surface area contributed by atoms with Gasteiger partial charge < -0.3 is 9.84 Å². The summed E-state index contributed by atoms with van der Waals surface area (Å²) in [6, 6.07) is 18.4. The van der Waals surface area contributed by atoms with Crippen molar-refractivity contribution in [3.63, 3.8) is 0 Å². The molecule has 0 radical (unpaired) electrons. The number of hydrogen-bond acceptors (Lipinski definition) is 4. The Kier molecular flexibility index (Phi) is 5.66. The number of carboxylic acids is 1. The van der Waals surface area contributed by atoms with Gasteiger partial charge in [-0.25, -0.2) is 4.31 Å². The minimum Gasteiger partial charge on any atom is -0.483 e. The largest absolute Gasteiger partial charge is 0.483 e. The van der Waals surface area contributed by atoms with E-state index in [0.29, 0.717) is 11.6 Å². The number of rotatable bonds is 2. The van der Waals surface area contributed by atoms with Crippen LogP contribution in [0.4, 0.5) is 0 Å². The molecular formula is C26H24ClNO3S. The molecular weight excluding hydrogens is 442 g/mol. The highest BCUT2D eigenvalue weighted by Crippen LogP contribution is 2.44. The SMILES string of the molecule is Cc1ccc2cc1CN1C[C@H](Oc3ccccc3S1)c1cc(c(C)cc1Cl)C2CC(=O)O. The summed E-state index contributed by atoms with van der Waals surface area (Å²) in [7, 11) is 0. The summed E-state index contributed by atoms with van der Waals surface area (Å²) in [4.78, 5) is 12.9. The van der Waals surface area contributed by atoms with E-state index in [4.69, 9.17) is 16.3 Å². The van der Waals surface area contributed by atoms with E-state index in [1.165, 1.54) is 11.1 Å². The molecule has 2 heterocycles. The van der Waals surface area contributed by atoms with Gasteiger partial charge in [-0.3, -0.25) is 4.79 Å². The molecule has 6 bridgehead atoms. The molecule has 2 unspecified atom stereocenters. The Morgan fingerprint density at radius 1 is 1.12 bits per heavy atom. The predicted molar refractivity (Wildman–Crippen MR) is 128 cm³/mol. The van der Waals surface area contributed by atoms with Crippen LogP contribution < -0.4 is 4.74 Å². The summed E-state index contributed by atoms with van der Waals surface area (Å²) < 4.78 is 8.82. The summed E-state index contributed by atoms with van der Waals surface area (Å²) in [6.07, 6.45) is -0.239. The quantitative estimate of drug-likeness (QED) is 0.436. The number of benzene rings is 3. The van der Waals surface area contributed by atoms with Crippen LogP contribution in [0.5, 0.6) is 5.75 Å². The van der Waals surface area contributed by atoms with E-state index in [1.807, 2.05) is 31.2 Å². The van der Waals surface area contributed by atoms with E-state index >= 15 is 0 Å². The number of hydrogen-bond donors (Lipinski definition) is 1. The van der Waals surface area contributed by atoms with Crippen molar-refractivity contribution in [1.29, 1.82) is 0 Å². The Bertz CT molecular complexity index is 1210. The lowest BCUT2D eigenvalue weighted by Gasteiger charge is -2.25. The first-order valence-electron chi connectivity index (χ1n) is 10.7. The molecule has 6 heteroatoms. The standard InChI is InChI=1S/C26H24ClNO3S/c1-15-7-8-17-10-18(15)13-28-14-24(31-23-5-3-4-6-25(23)32-28)21-11-19(16(2)9-22(21)27)20(17)12-26(29)30/h3-11,20,24H,12-14H2,1-2H3,(H,29,30)/t20?,24-/m0/s1. The van der Waals surface area contributed by atoms with Crippen molar-refractivity contribution in [2.75, 3.05) is 6.54 Å². The smallest absolute Gasteiger partial charge is 0.304 e. The lowest BCUT2D eigenvalue weighted by Crippen LogP contribution is -2.24. The molecule has 3 aromatic carbocycles. The number of aliphatic carboxylic acids is 1. The Labute approximate surface area is 197 Å². The van der Waals surface area contributed by atoms with Gasteiger partial charge in [-0.15, -0.1) is 0 Å². The fourth-order valence-electron chi connectivity index (χ4n) is 4.61. The fourth-order valence-corrected chi connectivity index (χ4v) is 5.99. The zero-order chi connectivity index (χ0) is 22.4. The zero-order valence-electron chi connectivity index (χ0n) is 18.0. The number of para-hydroxylation sites is 1. The van der Waals surface area contributed by atoms with Crippen molar-refractivity contribution in [3.05, 3.63) is 93.0 Å². The van der Waals surface area contributed by atoms with Crippen LogP contribution in [-0.4, -0.2) is 21.9 Å². The fraction of sp³-hybridized carbons (Fsp3) is 0.269. The van der Waals surface area contributed by atoms with Gasteiger partial charge in [-0.2, -0.15) is 0 Å². The molecule has 0 saturated carbocycles. The molecule has 0 aliphatic carbocycles. The van der Waals surface area contributed by atoms with E-state index in [0.717, 1.165) is 39.4 Å². The summed E-state index contributed by atoms with van der Waals surface area (Å²) in [6.45, 7) is 5.50. The molecule has 4 nitrogen and oxygen atoms in total. The molecule has 2 aliphatic rings. The monoisotopic (exact) mass is 465 g/mol. The normalized spacial score (nSPS) is 21.5. The zero-order valence-corrected chi connectivity index (χ0v) is 19.5.